The van der Waals surface area contributed by atoms with E-state index in [1.54, 1.807) is 0 Å². The molecule has 0 saturated heterocycles. The van der Waals surface area contributed by atoms with Crippen LogP contribution >= 0.6 is 0 Å². The SMILES string of the molecule is COC(=O)CC(=O)C=Cc1cccc(C(F)(F)F)c1. The third kappa shape index (κ3) is 4.95. The molecule has 0 aromatic heterocycles. The molecule has 1 aromatic carbocycles. The molecule has 19 heavy (non-hydrogen) atoms. The van der Waals surface area contributed by atoms with Gasteiger partial charge in [-0.3, -0.25) is 9.59 Å². The van der Waals surface area contributed by atoms with Crippen LogP contribution in [0.4, 0.5) is 13.2 Å². The summed E-state index contributed by atoms with van der Waals surface area (Å²) in [6.45, 7) is 0. The minimum absolute atomic E-state index is 0.230. The van der Waals surface area contributed by atoms with Gasteiger partial charge in [-0.25, -0.2) is 0 Å². The Kier molecular flexibility index (Phi) is 4.86. The molecular weight excluding hydrogens is 261 g/mol. The Hall–Kier alpha value is -2.11. The topological polar surface area (TPSA) is 43.4 Å². The highest BCUT2D eigenvalue weighted by atomic mass is 19.4. The van der Waals surface area contributed by atoms with Gasteiger partial charge in [0.05, 0.1) is 12.7 Å². The fourth-order valence-electron chi connectivity index (χ4n) is 1.28. The predicted octanol–water partition coefficient (Wildman–Crippen LogP) is 2.85. The Balaban J connectivity index is 2.77. The highest BCUT2D eigenvalue weighted by molar-refractivity contribution is 6.03. The number of methoxy groups -OCH3 is 1. The van der Waals surface area contributed by atoms with Crippen molar-refractivity contribution in [1.29, 1.82) is 0 Å². The number of benzene rings is 1. The van der Waals surface area contributed by atoms with Gasteiger partial charge in [-0.15, -0.1) is 0 Å². The summed E-state index contributed by atoms with van der Waals surface area (Å²) >= 11 is 0. The molecule has 0 fully saturated rings. The predicted molar refractivity (Wildman–Crippen MR) is 62.1 cm³/mol. The summed E-state index contributed by atoms with van der Waals surface area (Å²) in [4.78, 5) is 22.1. The maximum Gasteiger partial charge on any atom is 0.416 e. The molecule has 0 unspecified atom stereocenters. The first kappa shape index (κ1) is 14.9. The zero-order valence-electron chi connectivity index (χ0n) is 10.0. The Morgan fingerprint density at radius 3 is 2.58 bits per heavy atom. The quantitative estimate of drug-likeness (QED) is 0.481. The Labute approximate surface area is 107 Å². The fraction of sp³-hybridized carbons (Fsp3) is 0.231. The van der Waals surface area contributed by atoms with Crippen LogP contribution in [0.3, 0.4) is 0 Å². The molecule has 6 heteroatoms. The average molecular weight is 272 g/mol. The summed E-state index contributed by atoms with van der Waals surface area (Å²) in [6.07, 6.45) is -2.60. The van der Waals surface area contributed by atoms with Crippen LogP contribution in [-0.2, 0) is 20.5 Å². The van der Waals surface area contributed by atoms with Gasteiger partial charge in [0.1, 0.15) is 6.42 Å². The number of hydrogen-bond donors (Lipinski definition) is 0. The maximum atomic E-state index is 12.4. The van der Waals surface area contributed by atoms with E-state index in [1.165, 1.54) is 18.2 Å². The van der Waals surface area contributed by atoms with Gasteiger partial charge in [-0.2, -0.15) is 13.2 Å². The minimum Gasteiger partial charge on any atom is -0.469 e. The van der Waals surface area contributed by atoms with Crippen molar-refractivity contribution in [2.75, 3.05) is 7.11 Å². The van der Waals surface area contributed by atoms with Gasteiger partial charge in [0, 0.05) is 0 Å². The van der Waals surface area contributed by atoms with Crippen LogP contribution in [0.2, 0.25) is 0 Å². The van der Waals surface area contributed by atoms with E-state index >= 15 is 0 Å². The highest BCUT2D eigenvalue weighted by Crippen LogP contribution is 2.29. The summed E-state index contributed by atoms with van der Waals surface area (Å²) in [6, 6.07) is 4.53. The van der Waals surface area contributed by atoms with Gasteiger partial charge in [-0.05, 0) is 23.8 Å². The van der Waals surface area contributed by atoms with Crippen LogP contribution in [0.25, 0.3) is 6.08 Å². The zero-order valence-corrected chi connectivity index (χ0v) is 10.0. The van der Waals surface area contributed by atoms with Crippen molar-refractivity contribution >= 4 is 17.8 Å². The molecule has 0 spiro atoms. The van der Waals surface area contributed by atoms with Gasteiger partial charge in [-0.1, -0.05) is 18.2 Å². The number of ether oxygens (including phenoxy) is 1. The van der Waals surface area contributed by atoms with E-state index in [9.17, 15) is 22.8 Å². The molecule has 1 aromatic rings. The van der Waals surface area contributed by atoms with E-state index in [0.717, 1.165) is 25.3 Å². The molecule has 0 saturated carbocycles. The number of carbonyl (C=O) groups is 2. The van der Waals surface area contributed by atoms with E-state index in [4.69, 9.17) is 0 Å². The second-order valence-electron chi connectivity index (χ2n) is 3.68. The molecular formula is C13H11F3O3. The van der Waals surface area contributed by atoms with E-state index in [-0.39, 0.29) is 5.56 Å². The molecule has 0 aliphatic carbocycles. The van der Waals surface area contributed by atoms with Crippen LogP contribution < -0.4 is 0 Å². The first-order valence-electron chi connectivity index (χ1n) is 5.28. The summed E-state index contributed by atoms with van der Waals surface area (Å²) in [7, 11) is 1.14. The molecule has 102 valence electrons. The zero-order chi connectivity index (χ0) is 14.5. The monoisotopic (exact) mass is 272 g/mol. The van der Waals surface area contributed by atoms with Crippen molar-refractivity contribution in [3.63, 3.8) is 0 Å². The van der Waals surface area contributed by atoms with Crippen molar-refractivity contribution in [2.24, 2.45) is 0 Å². The van der Waals surface area contributed by atoms with E-state index < -0.39 is 29.9 Å². The molecule has 0 bridgehead atoms. The van der Waals surface area contributed by atoms with E-state index in [0.29, 0.717) is 0 Å². The van der Waals surface area contributed by atoms with E-state index in [2.05, 4.69) is 4.74 Å². The van der Waals surface area contributed by atoms with Crippen molar-refractivity contribution in [3.05, 3.63) is 41.5 Å². The molecule has 0 radical (unpaired) electrons. The van der Waals surface area contributed by atoms with Gasteiger partial charge >= 0.3 is 12.1 Å². The van der Waals surface area contributed by atoms with Gasteiger partial charge in [0.15, 0.2) is 5.78 Å². The van der Waals surface area contributed by atoms with Crippen LogP contribution in [-0.4, -0.2) is 18.9 Å². The smallest absolute Gasteiger partial charge is 0.416 e. The molecule has 0 aliphatic rings. The van der Waals surface area contributed by atoms with Gasteiger partial charge in [0.25, 0.3) is 0 Å². The third-order valence-corrected chi connectivity index (χ3v) is 2.22. The first-order valence-corrected chi connectivity index (χ1v) is 5.28. The van der Waals surface area contributed by atoms with Crippen molar-refractivity contribution in [1.82, 2.24) is 0 Å². The summed E-state index contributed by atoms with van der Waals surface area (Å²) in [5.74, 6) is -1.23. The molecule has 3 nitrogen and oxygen atoms in total. The number of allylic oxidation sites excluding steroid dienone is 1. The molecule has 0 atom stereocenters. The van der Waals surface area contributed by atoms with Crippen LogP contribution in [0.1, 0.15) is 17.5 Å². The second-order valence-corrected chi connectivity index (χ2v) is 3.68. The van der Waals surface area contributed by atoms with Gasteiger partial charge in [0.2, 0.25) is 0 Å². The van der Waals surface area contributed by atoms with Crippen molar-refractivity contribution in [3.8, 4) is 0 Å². The number of esters is 1. The van der Waals surface area contributed by atoms with E-state index in [1.807, 2.05) is 0 Å². The number of alkyl halides is 3. The Morgan fingerprint density at radius 2 is 2.00 bits per heavy atom. The number of rotatable bonds is 4. The van der Waals surface area contributed by atoms with Gasteiger partial charge < -0.3 is 4.74 Å². The Morgan fingerprint density at radius 1 is 1.32 bits per heavy atom. The lowest BCUT2D eigenvalue weighted by molar-refractivity contribution is -0.142. The summed E-state index contributed by atoms with van der Waals surface area (Å²) in [5.41, 5.74) is -0.567. The van der Waals surface area contributed by atoms with Crippen LogP contribution in [0, 0.1) is 0 Å². The number of halogens is 3. The third-order valence-electron chi connectivity index (χ3n) is 2.22. The van der Waals surface area contributed by atoms with Crippen LogP contribution in [0.15, 0.2) is 30.3 Å². The largest absolute Gasteiger partial charge is 0.469 e. The maximum absolute atomic E-state index is 12.4. The number of hydrogen-bond acceptors (Lipinski definition) is 3. The molecule has 0 N–H and O–H groups in total. The number of carbonyl (C=O) groups excluding carboxylic acids is 2. The average Bonchev–Trinajstić information content (AvgIpc) is 2.35. The first-order chi connectivity index (χ1) is 8.82. The lowest BCUT2D eigenvalue weighted by atomic mass is 10.1. The van der Waals surface area contributed by atoms with Crippen LogP contribution in [0.5, 0.6) is 0 Å². The normalized spacial score (nSPS) is 11.6. The molecule has 1 rings (SSSR count). The summed E-state index contributed by atoms with van der Waals surface area (Å²) in [5, 5.41) is 0. The fourth-order valence-corrected chi connectivity index (χ4v) is 1.28. The molecule has 0 amide bonds. The lowest BCUT2D eigenvalue weighted by Crippen LogP contribution is -2.06. The molecule has 0 heterocycles. The second kappa shape index (κ2) is 6.17. The molecule has 0 aliphatic heterocycles. The number of ketones is 1. The highest BCUT2D eigenvalue weighted by Gasteiger charge is 2.30. The minimum atomic E-state index is -4.43. The Bertz CT molecular complexity index is 504. The summed E-state index contributed by atoms with van der Waals surface area (Å²) < 4.78 is 41.6. The standard InChI is InChI=1S/C13H11F3O3/c1-19-12(18)8-11(17)6-5-9-3-2-4-10(7-9)13(14,15)16/h2-7H,8H2,1H3. The van der Waals surface area contributed by atoms with Crippen molar-refractivity contribution in [2.45, 2.75) is 12.6 Å². The van der Waals surface area contributed by atoms with Crippen molar-refractivity contribution < 1.29 is 27.5 Å². The lowest BCUT2D eigenvalue weighted by Gasteiger charge is -2.06.